The Bertz CT molecular complexity index is 798. The lowest BCUT2D eigenvalue weighted by Crippen LogP contribution is -2.58. The van der Waals surface area contributed by atoms with E-state index in [1.807, 2.05) is 13.0 Å². The van der Waals surface area contributed by atoms with Gasteiger partial charge in [-0.1, -0.05) is 0 Å². The Morgan fingerprint density at radius 1 is 1.12 bits per heavy atom. The molecule has 3 N–H and O–H groups in total. The zero-order chi connectivity index (χ0) is 24.6. The first kappa shape index (κ1) is 26.3. The fourth-order valence-corrected chi connectivity index (χ4v) is 4.73. The number of nitriles is 1. The number of alkyl halides is 1. The van der Waals surface area contributed by atoms with Gasteiger partial charge in [-0.3, -0.25) is 9.59 Å². The second-order valence-corrected chi connectivity index (χ2v) is 8.67. The van der Waals surface area contributed by atoms with Gasteiger partial charge >= 0.3 is 17.9 Å². The molecule has 3 saturated carbocycles. The van der Waals surface area contributed by atoms with E-state index in [0.29, 0.717) is 18.8 Å². The van der Waals surface area contributed by atoms with Crippen molar-refractivity contribution in [3.05, 3.63) is 12.2 Å². The standard InChI is InChI=1S/C18H26FN3O3.C4H4O4/c1-2-25-16(24)17-3-6-18(7-4-17,8-5-17)21-11-15(23)22-12-13(19)9-14(22)10-20;5-3(6)1-2-4(7)8/h13-14,21H,2-9,11-12H2,1H3;1-2H,(H,5,6)(H,7,8)/b;2-1+/t13-,14-,17?,18?;/m0./s1. The third-order valence-electron chi connectivity index (χ3n) is 6.66. The Labute approximate surface area is 191 Å². The van der Waals surface area contributed by atoms with Crippen molar-refractivity contribution in [1.82, 2.24) is 10.2 Å². The molecule has 4 fully saturated rings. The number of halogens is 1. The molecule has 0 aromatic rings. The van der Waals surface area contributed by atoms with E-state index < -0.39 is 24.2 Å². The number of rotatable bonds is 7. The van der Waals surface area contributed by atoms with Gasteiger partial charge < -0.3 is 25.2 Å². The molecular weight excluding hydrogens is 437 g/mol. The Balaban J connectivity index is 0.000000414. The molecule has 4 aliphatic rings. The first-order chi connectivity index (χ1) is 15.6. The number of ether oxygens (including phenoxy) is 1. The van der Waals surface area contributed by atoms with Gasteiger partial charge in [0.2, 0.25) is 5.91 Å². The van der Waals surface area contributed by atoms with Gasteiger partial charge in [-0.25, -0.2) is 14.0 Å². The summed E-state index contributed by atoms with van der Waals surface area (Å²) in [5.74, 6) is -2.81. The van der Waals surface area contributed by atoms with Gasteiger partial charge in [0.05, 0.1) is 31.2 Å². The third kappa shape index (κ3) is 6.74. The number of carboxylic acids is 2. The molecule has 0 unspecified atom stereocenters. The van der Waals surface area contributed by atoms with Crippen molar-refractivity contribution in [2.75, 3.05) is 19.7 Å². The summed E-state index contributed by atoms with van der Waals surface area (Å²) in [4.78, 5) is 45.1. The number of fused-ring (bicyclic) bond motifs is 3. The van der Waals surface area contributed by atoms with Crippen molar-refractivity contribution in [3.8, 4) is 6.07 Å². The maximum absolute atomic E-state index is 13.5. The summed E-state index contributed by atoms with van der Waals surface area (Å²) in [5, 5.41) is 28.1. The Hall–Kier alpha value is -3.00. The molecule has 11 heteroatoms. The van der Waals surface area contributed by atoms with Crippen molar-refractivity contribution in [1.29, 1.82) is 5.26 Å². The van der Waals surface area contributed by atoms with Crippen molar-refractivity contribution < 1.29 is 38.5 Å². The highest BCUT2D eigenvalue weighted by Gasteiger charge is 2.53. The molecule has 2 bridgehead atoms. The molecular formula is C22H30FN3O7. The van der Waals surface area contributed by atoms with Crippen LogP contribution in [-0.2, 0) is 23.9 Å². The van der Waals surface area contributed by atoms with Gasteiger partial charge in [0, 0.05) is 24.1 Å². The van der Waals surface area contributed by atoms with Crippen LogP contribution in [-0.4, -0.2) is 76.4 Å². The van der Waals surface area contributed by atoms with Crippen molar-refractivity contribution in [3.63, 3.8) is 0 Å². The maximum Gasteiger partial charge on any atom is 0.328 e. The average Bonchev–Trinajstić information content (AvgIpc) is 3.19. The number of esters is 1. The number of carboxylic acid groups (broad SMARTS) is 2. The Kier molecular flexibility index (Phi) is 8.93. The number of aliphatic carboxylic acids is 2. The van der Waals surface area contributed by atoms with Crippen LogP contribution in [0.25, 0.3) is 0 Å². The molecule has 1 aliphatic heterocycles. The molecule has 0 spiro atoms. The van der Waals surface area contributed by atoms with Gasteiger partial charge in [-0.05, 0) is 45.4 Å². The molecule has 2 atom stereocenters. The van der Waals surface area contributed by atoms with E-state index in [2.05, 4.69) is 5.32 Å². The summed E-state index contributed by atoms with van der Waals surface area (Å²) in [5.41, 5.74) is -0.466. The first-order valence-electron chi connectivity index (χ1n) is 11.0. The fraction of sp³-hybridized carbons (Fsp3) is 0.682. The summed E-state index contributed by atoms with van der Waals surface area (Å²) in [7, 11) is 0. The van der Waals surface area contributed by atoms with Crippen LogP contribution >= 0.6 is 0 Å². The first-order valence-corrected chi connectivity index (χ1v) is 11.0. The minimum absolute atomic E-state index is 0.0116. The van der Waals surface area contributed by atoms with Gasteiger partial charge in [0.25, 0.3) is 0 Å². The van der Waals surface area contributed by atoms with Gasteiger partial charge in [0.1, 0.15) is 12.2 Å². The van der Waals surface area contributed by atoms with Crippen molar-refractivity contribution >= 4 is 23.8 Å². The molecule has 0 aromatic carbocycles. The van der Waals surface area contributed by atoms with Crippen LogP contribution in [0, 0.1) is 16.7 Å². The summed E-state index contributed by atoms with van der Waals surface area (Å²) in [6.07, 6.45) is 4.98. The Morgan fingerprint density at radius 2 is 1.67 bits per heavy atom. The predicted octanol–water partition coefficient (Wildman–Crippen LogP) is 1.41. The van der Waals surface area contributed by atoms with Gasteiger partial charge in [0.15, 0.2) is 0 Å². The lowest BCUT2D eigenvalue weighted by atomic mass is 9.57. The topological polar surface area (TPSA) is 157 Å². The smallest absolute Gasteiger partial charge is 0.328 e. The largest absolute Gasteiger partial charge is 0.478 e. The predicted molar refractivity (Wildman–Crippen MR) is 113 cm³/mol. The van der Waals surface area contributed by atoms with Crippen LogP contribution in [0.4, 0.5) is 4.39 Å². The number of carbonyl (C=O) groups is 4. The van der Waals surface area contributed by atoms with Crippen LogP contribution in [0.15, 0.2) is 12.2 Å². The average molecular weight is 467 g/mol. The number of carbonyl (C=O) groups excluding carboxylic acids is 2. The molecule has 182 valence electrons. The van der Waals surface area contributed by atoms with Crippen LogP contribution in [0.1, 0.15) is 51.9 Å². The summed E-state index contributed by atoms with van der Waals surface area (Å²) < 4.78 is 18.7. The number of nitrogens with zero attached hydrogens (tertiary/aromatic N) is 2. The van der Waals surface area contributed by atoms with Crippen LogP contribution in [0.5, 0.6) is 0 Å². The summed E-state index contributed by atoms with van der Waals surface area (Å²) in [6, 6.07) is 1.35. The van der Waals surface area contributed by atoms with E-state index in [1.165, 1.54) is 4.90 Å². The van der Waals surface area contributed by atoms with E-state index in [9.17, 15) is 23.6 Å². The minimum atomic E-state index is -1.26. The van der Waals surface area contributed by atoms with E-state index in [-0.39, 0.29) is 42.3 Å². The van der Waals surface area contributed by atoms with Gasteiger partial charge in [-0.15, -0.1) is 0 Å². The second-order valence-electron chi connectivity index (χ2n) is 8.67. The number of likely N-dealkylation sites (tertiary alicyclic amines) is 1. The lowest BCUT2D eigenvalue weighted by molar-refractivity contribution is -0.163. The Morgan fingerprint density at radius 3 is 2.12 bits per heavy atom. The summed E-state index contributed by atoms with van der Waals surface area (Å²) >= 11 is 0. The van der Waals surface area contributed by atoms with Crippen molar-refractivity contribution in [2.24, 2.45) is 5.41 Å². The SMILES string of the molecule is CCOC(=O)C12CCC(NCC(=O)N3C[C@@H](F)C[C@H]3C#N)(CC1)CC2.O=C(O)/C=C/C(=O)O. The highest BCUT2D eigenvalue weighted by Crippen LogP contribution is 2.52. The lowest BCUT2D eigenvalue weighted by Gasteiger charge is -2.52. The zero-order valence-corrected chi connectivity index (χ0v) is 18.6. The molecule has 1 amide bonds. The monoisotopic (exact) mass is 467 g/mol. The van der Waals surface area contributed by atoms with E-state index >= 15 is 0 Å². The highest BCUT2D eigenvalue weighted by atomic mass is 19.1. The molecule has 4 rings (SSSR count). The fourth-order valence-electron chi connectivity index (χ4n) is 4.73. The molecule has 3 aliphatic carbocycles. The van der Waals surface area contributed by atoms with Crippen LogP contribution < -0.4 is 5.32 Å². The molecule has 10 nitrogen and oxygen atoms in total. The quantitative estimate of drug-likeness (QED) is 0.372. The van der Waals surface area contributed by atoms with E-state index in [0.717, 1.165) is 38.5 Å². The highest BCUT2D eigenvalue weighted by molar-refractivity contribution is 5.89. The summed E-state index contributed by atoms with van der Waals surface area (Å²) in [6.45, 7) is 2.37. The number of amides is 1. The van der Waals surface area contributed by atoms with Crippen LogP contribution in [0.3, 0.4) is 0 Å². The molecule has 1 heterocycles. The molecule has 1 saturated heterocycles. The zero-order valence-electron chi connectivity index (χ0n) is 18.6. The van der Waals surface area contributed by atoms with Crippen LogP contribution in [0.2, 0.25) is 0 Å². The third-order valence-corrected chi connectivity index (χ3v) is 6.66. The van der Waals surface area contributed by atoms with E-state index in [1.54, 1.807) is 0 Å². The molecule has 0 aromatic heterocycles. The number of nitrogens with one attached hydrogen (secondary N) is 1. The normalized spacial score (nSPS) is 30.3. The number of hydrogen-bond donors (Lipinski definition) is 3. The second kappa shape index (κ2) is 11.2. The molecule has 33 heavy (non-hydrogen) atoms. The minimum Gasteiger partial charge on any atom is -0.478 e. The van der Waals surface area contributed by atoms with Gasteiger partial charge in [-0.2, -0.15) is 5.26 Å². The maximum atomic E-state index is 13.5. The van der Waals surface area contributed by atoms with Crippen molar-refractivity contribution in [2.45, 2.75) is 69.6 Å². The molecule has 0 radical (unpaired) electrons. The number of hydrogen-bond acceptors (Lipinski definition) is 7. The van der Waals surface area contributed by atoms with E-state index in [4.69, 9.17) is 20.2 Å².